The van der Waals surface area contributed by atoms with Crippen LogP contribution in [0.15, 0.2) is 18.2 Å². The molecule has 0 heterocycles. The highest BCUT2D eigenvalue weighted by atomic mass is 16.6. The van der Waals surface area contributed by atoms with Crippen LogP contribution in [0.5, 0.6) is 0 Å². The number of nitrogens with zero attached hydrogens (tertiary/aromatic N) is 1. The summed E-state index contributed by atoms with van der Waals surface area (Å²) >= 11 is 0. The molecule has 102 valence electrons. The molecule has 0 aromatic heterocycles. The van der Waals surface area contributed by atoms with Gasteiger partial charge < -0.3 is 16.4 Å². The maximum absolute atomic E-state index is 11.9. The molecule has 8 nitrogen and oxygen atoms in total. The normalized spacial score (nSPS) is 11.5. The molecule has 1 aromatic rings. The van der Waals surface area contributed by atoms with E-state index in [9.17, 15) is 19.7 Å². The van der Waals surface area contributed by atoms with E-state index in [2.05, 4.69) is 10.6 Å². The molecule has 8 heteroatoms. The summed E-state index contributed by atoms with van der Waals surface area (Å²) < 4.78 is 0. The molecule has 1 unspecified atom stereocenters. The first-order valence-corrected chi connectivity index (χ1v) is 5.43. The number of carbonyl (C=O) groups excluding carboxylic acids is 2. The Morgan fingerprint density at radius 3 is 2.58 bits per heavy atom. The molecule has 0 saturated heterocycles. The highest BCUT2D eigenvalue weighted by molar-refractivity contribution is 6.02. The van der Waals surface area contributed by atoms with E-state index in [0.29, 0.717) is 0 Å². The van der Waals surface area contributed by atoms with Gasteiger partial charge in [0.25, 0.3) is 5.91 Å². The largest absolute Gasteiger partial charge is 0.393 e. The Morgan fingerprint density at radius 1 is 1.42 bits per heavy atom. The highest BCUT2D eigenvalue weighted by Gasteiger charge is 2.25. The predicted octanol–water partition coefficient (Wildman–Crippen LogP) is 0.0413. The first-order chi connectivity index (χ1) is 8.88. The van der Waals surface area contributed by atoms with Crippen LogP contribution in [0.25, 0.3) is 0 Å². The molecule has 0 saturated carbocycles. The van der Waals surface area contributed by atoms with Crippen LogP contribution in [0.3, 0.4) is 0 Å². The van der Waals surface area contributed by atoms with Crippen molar-refractivity contribution in [1.82, 2.24) is 10.6 Å². The molecule has 1 aromatic carbocycles. The minimum Gasteiger partial charge on any atom is -0.393 e. The van der Waals surface area contributed by atoms with Crippen molar-refractivity contribution >= 4 is 23.2 Å². The minimum atomic E-state index is -0.807. The molecular formula is C11H14N4O4. The number of amides is 2. The zero-order valence-electron chi connectivity index (χ0n) is 10.5. The zero-order valence-corrected chi connectivity index (χ0v) is 10.5. The smallest absolute Gasteiger partial charge is 0.304 e. The third-order valence-corrected chi connectivity index (χ3v) is 2.48. The van der Waals surface area contributed by atoms with Crippen molar-refractivity contribution in [2.24, 2.45) is 0 Å². The van der Waals surface area contributed by atoms with Crippen LogP contribution in [0.2, 0.25) is 0 Å². The molecule has 1 rings (SSSR count). The van der Waals surface area contributed by atoms with Crippen molar-refractivity contribution in [2.75, 3.05) is 12.8 Å². The first kappa shape index (κ1) is 14.4. The van der Waals surface area contributed by atoms with E-state index in [1.54, 1.807) is 0 Å². The number of para-hydroxylation sites is 1. The Hall–Kier alpha value is -2.64. The molecule has 0 radical (unpaired) electrons. The Morgan fingerprint density at radius 2 is 2.05 bits per heavy atom. The summed E-state index contributed by atoms with van der Waals surface area (Å²) in [7, 11) is 1.42. The number of benzene rings is 1. The van der Waals surface area contributed by atoms with E-state index in [0.717, 1.165) is 0 Å². The lowest BCUT2D eigenvalue weighted by molar-refractivity contribution is -0.384. The van der Waals surface area contributed by atoms with Crippen LogP contribution in [0.1, 0.15) is 17.3 Å². The van der Waals surface area contributed by atoms with Crippen molar-refractivity contribution in [3.05, 3.63) is 33.9 Å². The van der Waals surface area contributed by atoms with E-state index in [-0.39, 0.29) is 11.3 Å². The summed E-state index contributed by atoms with van der Waals surface area (Å²) in [5.74, 6) is -1.13. The van der Waals surface area contributed by atoms with Gasteiger partial charge in [-0.05, 0) is 19.1 Å². The molecule has 0 bridgehead atoms. The van der Waals surface area contributed by atoms with E-state index < -0.39 is 28.5 Å². The van der Waals surface area contributed by atoms with Gasteiger partial charge in [0.1, 0.15) is 17.3 Å². The Labute approximate surface area is 109 Å². The number of nitro groups is 1. The molecule has 0 aliphatic heterocycles. The number of hydrogen-bond acceptors (Lipinski definition) is 5. The van der Waals surface area contributed by atoms with Crippen LogP contribution in [0, 0.1) is 10.1 Å². The summed E-state index contributed by atoms with van der Waals surface area (Å²) in [5.41, 5.74) is 4.72. The molecule has 0 aliphatic carbocycles. The van der Waals surface area contributed by atoms with Gasteiger partial charge >= 0.3 is 5.69 Å². The monoisotopic (exact) mass is 266 g/mol. The maximum Gasteiger partial charge on any atom is 0.304 e. The number of rotatable bonds is 4. The summed E-state index contributed by atoms with van der Waals surface area (Å²) in [6.45, 7) is 1.47. The number of nitro benzene ring substituents is 1. The van der Waals surface area contributed by atoms with Gasteiger partial charge in [0.05, 0.1) is 4.92 Å². The highest BCUT2D eigenvalue weighted by Crippen LogP contribution is 2.25. The standard InChI is InChI=1S/C11H14N4O4/c1-6(10(16)13-2)14-11(17)7-4-3-5-8(12)9(7)15(18)19/h3-6H,12H2,1-2H3,(H,13,16)(H,14,17). The lowest BCUT2D eigenvalue weighted by Gasteiger charge is -2.12. The van der Waals surface area contributed by atoms with Crippen molar-refractivity contribution in [1.29, 1.82) is 0 Å². The molecule has 0 aliphatic rings. The first-order valence-electron chi connectivity index (χ1n) is 5.43. The van der Waals surface area contributed by atoms with Crippen molar-refractivity contribution in [3.63, 3.8) is 0 Å². The zero-order chi connectivity index (χ0) is 14.6. The number of nitrogens with two attached hydrogens (primary N) is 1. The van der Waals surface area contributed by atoms with Crippen molar-refractivity contribution < 1.29 is 14.5 Å². The van der Waals surface area contributed by atoms with Crippen LogP contribution in [-0.4, -0.2) is 29.8 Å². The SMILES string of the molecule is CNC(=O)C(C)NC(=O)c1cccc(N)c1[N+](=O)[O-]. The quantitative estimate of drug-likeness (QED) is 0.403. The Balaban J connectivity index is 3.04. The van der Waals surface area contributed by atoms with E-state index in [1.807, 2.05) is 0 Å². The Kier molecular flexibility index (Phi) is 4.41. The van der Waals surface area contributed by atoms with Gasteiger partial charge in [0.2, 0.25) is 5.91 Å². The summed E-state index contributed by atoms with van der Waals surface area (Å²) in [6.07, 6.45) is 0. The summed E-state index contributed by atoms with van der Waals surface area (Å²) in [5, 5.41) is 15.6. The fourth-order valence-electron chi connectivity index (χ4n) is 1.50. The second kappa shape index (κ2) is 5.80. The second-order valence-corrected chi connectivity index (χ2v) is 3.81. The number of nitrogens with one attached hydrogen (secondary N) is 2. The van der Waals surface area contributed by atoms with Crippen molar-refractivity contribution in [3.8, 4) is 0 Å². The molecule has 4 N–H and O–H groups in total. The van der Waals surface area contributed by atoms with E-state index in [4.69, 9.17) is 5.73 Å². The molecule has 2 amide bonds. The maximum atomic E-state index is 11.9. The van der Waals surface area contributed by atoms with Gasteiger partial charge in [0, 0.05) is 7.05 Å². The summed E-state index contributed by atoms with van der Waals surface area (Å²) in [4.78, 5) is 33.3. The molecular weight excluding hydrogens is 252 g/mol. The fraction of sp³-hybridized carbons (Fsp3) is 0.273. The number of anilines is 1. The average molecular weight is 266 g/mol. The number of hydrogen-bond donors (Lipinski definition) is 3. The summed E-state index contributed by atoms with van der Waals surface area (Å²) in [6, 6.07) is 3.23. The van der Waals surface area contributed by atoms with Crippen LogP contribution in [-0.2, 0) is 4.79 Å². The minimum absolute atomic E-state index is 0.106. The molecule has 1 atom stereocenters. The van der Waals surface area contributed by atoms with Gasteiger partial charge in [-0.2, -0.15) is 0 Å². The van der Waals surface area contributed by atoms with Crippen LogP contribution < -0.4 is 16.4 Å². The number of carbonyl (C=O) groups is 2. The van der Waals surface area contributed by atoms with Gasteiger partial charge in [-0.15, -0.1) is 0 Å². The topological polar surface area (TPSA) is 127 Å². The number of likely N-dealkylation sites (N-methyl/N-ethyl adjacent to an activating group) is 1. The van der Waals surface area contributed by atoms with E-state index in [1.165, 1.54) is 32.2 Å². The number of nitrogen functional groups attached to an aromatic ring is 1. The lowest BCUT2D eigenvalue weighted by atomic mass is 10.1. The fourth-order valence-corrected chi connectivity index (χ4v) is 1.50. The second-order valence-electron chi connectivity index (χ2n) is 3.81. The molecule has 0 spiro atoms. The van der Waals surface area contributed by atoms with Gasteiger partial charge in [0.15, 0.2) is 0 Å². The Bertz CT molecular complexity index is 529. The van der Waals surface area contributed by atoms with Gasteiger partial charge in [-0.3, -0.25) is 19.7 Å². The predicted molar refractivity (Wildman–Crippen MR) is 68.5 cm³/mol. The van der Waals surface area contributed by atoms with Gasteiger partial charge in [-0.1, -0.05) is 6.07 Å². The molecule has 19 heavy (non-hydrogen) atoms. The lowest BCUT2D eigenvalue weighted by Crippen LogP contribution is -2.43. The van der Waals surface area contributed by atoms with Crippen LogP contribution >= 0.6 is 0 Å². The van der Waals surface area contributed by atoms with Crippen LogP contribution in [0.4, 0.5) is 11.4 Å². The third kappa shape index (κ3) is 3.18. The molecule has 0 fully saturated rings. The van der Waals surface area contributed by atoms with Crippen molar-refractivity contribution in [2.45, 2.75) is 13.0 Å². The third-order valence-electron chi connectivity index (χ3n) is 2.48. The van der Waals surface area contributed by atoms with E-state index >= 15 is 0 Å². The average Bonchev–Trinajstić information content (AvgIpc) is 2.36. The van der Waals surface area contributed by atoms with Gasteiger partial charge in [-0.25, -0.2) is 0 Å².